The fourth-order valence-corrected chi connectivity index (χ4v) is 2.53. The van der Waals surface area contributed by atoms with E-state index in [1.54, 1.807) is 18.7 Å². The molecule has 0 bridgehead atoms. The maximum absolute atomic E-state index is 11.9. The monoisotopic (exact) mass is 285 g/mol. The molecule has 1 atom stereocenters. The van der Waals surface area contributed by atoms with Gasteiger partial charge in [0, 0.05) is 5.70 Å². The predicted octanol–water partition coefficient (Wildman–Crippen LogP) is 1.06. The highest BCUT2D eigenvalue weighted by atomic mass is 16.5. The molecule has 1 aliphatic rings. The Balaban J connectivity index is 2.19. The van der Waals surface area contributed by atoms with Crippen molar-refractivity contribution in [2.45, 2.75) is 13.0 Å². The molecule has 0 saturated heterocycles. The number of carbonyl (C=O) groups is 1. The second kappa shape index (κ2) is 4.93. The van der Waals surface area contributed by atoms with Crippen molar-refractivity contribution >= 4 is 11.9 Å². The summed E-state index contributed by atoms with van der Waals surface area (Å²) in [6.07, 6.45) is 1.44. The van der Waals surface area contributed by atoms with Crippen LogP contribution < -0.4 is 15.8 Å². The third kappa shape index (κ3) is 2.12. The van der Waals surface area contributed by atoms with Crippen LogP contribution in [0.2, 0.25) is 0 Å². The van der Waals surface area contributed by atoms with Gasteiger partial charge in [-0.2, -0.15) is 10.1 Å². The lowest BCUT2D eigenvalue weighted by molar-refractivity contribution is -0.115. The molecule has 0 aliphatic carbocycles. The number of carbonyl (C=O) groups excluding carboxylic acids is 1. The summed E-state index contributed by atoms with van der Waals surface area (Å²) in [5, 5.41) is 7.23. The van der Waals surface area contributed by atoms with Crippen LogP contribution in [0, 0.1) is 0 Å². The summed E-state index contributed by atoms with van der Waals surface area (Å²) in [6.45, 7) is 1.80. The summed E-state index contributed by atoms with van der Waals surface area (Å²) in [4.78, 5) is 16.0. The number of primary amides is 1. The number of rotatable bonds is 3. The van der Waals surface area contributed by atoms with E-state index in [0.717, 1.165) is 5.56 Å². The minimum atomic E-state index is -0.492. The van der Waals surface area contributed by atoms with Crippen molar-refractivity contribution in [2.75, 3.05) is 12.4 Å². The fraction of sp³-hybridized carbons (Fsp3) is 0.214. The Bertz CT molecular complexity index is 734. The van der Waals surface area contributed by atoms with E-state index in [4.69, 9.17) is 10.5 Å². The summed E-state index contributed by atoms with van der Waals surface area (Å²) in [5.41, 5.74) is 7.55. The van der Waals surface area contributed by atoms with E-state index in [1.807, 2.05) is 24.3 Å². The minimum absolute atomic E-state index is 0.420. The fourth-order valence-electron chi connectivity index (χ4n) is 2.53. The first-order chi connectivity index (χ1) is 10.1. The molecule has 0 unspecified atom stereocenters. The van der Waals surface area contributed by atoms with Crippen molar-refractivity contribution in [3.05, 3.63) is 47.4 Å². The second-order valence-electron chi connectivity index (χ2n) is 4.74. The number of nitrogens with two attached hydrogens (primary N) is 1. The van der Waals surface area contributed by atoms with Crippen LogP contribution in [0.3, 0.4) is 0 Å². The summed E-state index contributed by atoms with van der Waals surface area (Å²) < 4.78 is 6.89. The molecule has 2 heterocycles. The highest BCUT2D eigenvalue weighted by molar-refractivity contribution is 5.95. The highest BCUT2D eigenvalue weighted by Gasteiger charge is 2.32. The number of allylic oxidation sites excluding steroid dienone is 1. The quantitative estimate of drug-likeness (QED) is 0.879. The van der Waals surface area contributed by atoms with Gasteiger partial charge in [-0.15, -0.1) is 0 Å². The molecule has 7 nitrogen and oxygen atoms in total. The van der Waals surface area contributed by atoms with Gasteiger partial charge in [0.2, 0.25) is 11.9 Å². The zero-order chi connectivity index (χ0) is 15.0. The van der Waals surface area contributed by atoms with E-state index in [1.165, 1.54) is 6.33 Å². The summed E-state index contributed by atoms with van der Waals surface area (Å²) in [7, 11) is 1.60. The Labute approximate surface area is 121 Å². The highest BCUT2D eigenvalue weighted by Crippen LogP contribution is 2.35. The number of ether oxygens (including phenoxy) is 1. The molecule has 1 aliphatic heterocycles. The zero-order valence-electron chi connectivity index (χ0n) is 11.7. The third-order valence-corrected chi connectivity index (χ3v) is 3.47. The van der Waals surface area contributed by atoms with Crippen molar-refractivity contribution in [2.24, 2.45) is 5.73 Å². The number of nitrogens with one attached hydrogen (secondary N) is 1. The molecule has 1 aromatic heterocycles. The number of amides is 1. The summed E-state index contributed by atoms with van der Waals surface area (Å²) in [5.74, 6) is 0.786. The van der Waals surface area contributed by atoms with Gasteiger partial charge in [0.15, 0.2) is 0 Å². The Hall–Kier alpha value is -2.83. The molecule has 1 amide bonds. The van der Waals surface area contributed by atoms with Crippen molar-refractivity contribution in [3.8, 4) is 5.75 Å². The summed E-state index contributed by atoms with van der Waals surface area (Å²) >= 11 is 0. The van der Waals surface area contributed by atoms with E-state index in [2.05, 4.69) is 15.4 Å². The molecule has 1 aromatic carbocycles. The van der Waals surface area contributed by atoms with Gasteiger partial charge >= 0.3 is 0 Å². The Morgan fingerprint density at radius 1 is 1.48 bits per heavy atom. The van der Waals surface area contributed by atoms with Crippen LogP contribution in [0.4, 0.5) is 5.95 Å². The van der Waals surface area contributed by atoms with Crippen LogP contribution in [0.1, 0.15) is 18.5 Å². The standard InChI is InChI=1S/C14H15N5O2/c1-8-11(13(15)20)12(19-14(18-8)16-7-17-19)9-4-3-5-10(6-9)21-2/h3-7,12H,1-2H3,(H2,15,20)(H,16,17,18)/t12-/m1/s1. The second-order valence-corrected chi connectivity index (χ2v) is 4.74. The number of aromatic nitrogens is 3. The van der Waals surface area contributed by atoms with Gasteiger partial charge in [-0.1, -0.05) is 12.1 Å². The van der Waals surface area contributed by atoms with Gasteiger partial charge in [0.1, 0.15) is 18.1 Å². The average Bonchev–Trinajstić information content (AvgIpc) is 2.93. The molecule has 108 valence electrons. The van der Waals surface area contributed by atoms with Crippen LogP contribution >= 0.6 is 0 Å². The van der Waals surface area contributed by atoms with Gasteiger partial charge in [0.05, 0.1) is 12.7 Å². The molecular weight excluding hydrogens is 270 g/mol. The Morgan fingerprint density at radius 3 is 3.00 bits per heavy atom. The van der Waals surface area contributed by atoms with E-state index < -0.39 is 11.9 Å². The molecule has 2 aromatic rings. The number of nitrogens with zero attached hydrogens (tertiary/aromatic N) is 3. The molecule has 0 spiro atoms. The first kappa shape index (κ1) is 13.2. The Kier molecular flexibility index (Phi) is 3.09. The van der Waals surface area contributed by atoms with Gasteiger partial charge in [0.25, 0.3) is 0 Å². The topological polar surface area (TPSA) is 95.1 Å². The Morgan fingerprint density at radius 2 is 2.29 bits per heavy atom. The third-order valence-electron chi connectivity index (χ3n) is 3.47. The molecule has 7 heteroatoms. The lowest BCUT2D eigenvalue weighted by atomic mass is 9.95. The number of hydrogen-bond acceptors (Lipinski definition) is 5. The smallest absolute Gasteiger partial charge is 0.248 e. The molecule has 3 N–H and O–H groups in total. The van der Waals surface area contributed by atoms with Crippen LogP contribution in [0.15, 0.2) is 41.9 Å². The molecule has 3 rings (SSSR count). The molecule has 0 fully saturated rings. The molecule has 21 heavy (non-hydrogen) atoms. The van der Waals surface area contributed by atoms with E-state index in [-0.39, 0.29) is 0 Å². The van der Waals surface area contributed by atoms with Gasteiger partial charge < -0.3 is 15.8 Å². The first-order valence-electron chi connectivity index (χ1n) is 6.43. The average molecular weight is 285 g/mol. The molecule has 0 radical (unpaired) electrons. The maximum atomic E-state index is 11.9. The number of anilines is 1. The van der Waals surface area contributed by atoms with Crippen molar-refractivity contribution in [1.82, 2.24) is 14.8 Å². The van der Waals surface area contributed by atoms with Crippen molar-refractivity contribution in [3.63, 3.8) is 0 Å². The normalized spacial score (nSPS) is 17.1. The zero-order valence-corrected chi connectivity index (χ0v) is 11.7. The molecule has 0 saturated carbocycles. The largest absolute Gasteiger partial charge is 0.497 e. The van der Waals surface area contributed by atoms with Crippen LogP contribution in [0.25, 0.3) is 0 Å². The maximum Gasteiger partial charge on any atom is 0.248 e. The number of hydrogen-bond donors (Lipinski definition) is 2. The van der Waals surface area contributed by atoms with Crippen LogP contribution in [-0.4, -0.2) is 27.8 Å². The number of fused-ring (bicyclic) bond motifs is 1. The van der Waals surface area contributed by atoms with Gasteiger partial charge in [-0.25, -0.2) is 4.68 Å². The van der Waals surface area contributed by atoms with E-state index in [0.29, 0.717) is 23.0 Å². The van der Waals surface area contributed by atoms with E-state index >= 15 is 0 Å². The minimum Gasteiger partial charge on any atom is -0.497 e. The number of methoxy groups -OCH3 is 1. The van der Waals surface area contributed by atoms with Crippen molar-refractivity contribution in [1.29, 1.82) is 0 Å². The van der Waals surface area contributed by atoms with Crippen LogP contribution in [0.5, 0.6) is 5.75 Å². The van der Waals surface area contributed by atoms with Crippen molar-refractivity contribution < 1.29 is 9.53 Å². The van der Waals surface area contributed by atoms with Gasteiger partial charge in [-0.05, 0) is 24.6 Å². The molecular formula is C14H15N5O2. The lowest BCUT2D eigenvalue weighted by Crippen LogP contribution is -2.31. The SMILES string of the molecule is COc1cccc([C@@H]2C(C(N)=O)=C(C)Nc3ncnn32)c1. The van der Waals surface area contributed by atoms with E-state index in [9.17, 15) is 4.79 Å². The number of benzene rings is 1. The van der Waals surface area contributed by atoms with Crippen LogP contribution in [-0.2, 0) is 4.79 Å². The lowest BCUT2D eigenvalue weighted by Gasteiger charge is -2.27. The van der Waals surface area contributed by atoms with Gasteiger partial charge in [-0.3, -0.25) is 4.79 Å². The predicted molar refractivity (Wildman–Crippen MR) is 76.7 cm³/mol. The summed E-state index contributed by atoms with van der Waals surface area (Å²) in [6, 6.07) is 7.04. The first-order valence-corrected chi connectivity index (χ1v) is 6.43.